The van der Waals surface area contributed by atoms with Gasteiger partial charge in [0.1, 0.15) is 0 Å². The summed E-state index contributed by atoms with van der Waals surface area (Å²) in [5, 5.41) is 3.40. The van der Waals surface area contributed by atoms with Crippen molar-refractivity contribution in [2.45, 2.75) is 45.8 Å². The molecule has 0 aromatic heterocycles. The van der Waals surface area contributed by atoms with Crippen LogP contribution in [0.1, 0.15) is 38.2 Å². The van der Waals surface area contributed by atoms with Crippen LogP contribution < -0.4 is 14.8 Å². The van der Waals surface area contributed by atoms with Crippen LogP contribution in [-0.4, -0.2) is 44.2 Å². The maximum atomic E-state index is 13.3. The first-order valence-corrected chi connectivity index (χ1v) is 9.63. The summed E-state index contributed by atoms with van der Waals surface area (Å²) in [5.74, 6) is 0.855. The van der Waals surface area contributed by atoms with Crippen LogP contribution in [0.5, 0.6) is 11.5 Å². The second kappa shape index (κ2) is 8.42. The summed E-state index contributed by atoms with van der Waals surface area (Å²) in [5.41, 5.74) is 0.528. The number of carbonyl (C=O) groups is 1. The first-order valence-electron chi connectivity index (χ1n) is 9.63. The molecule has 5 nitrogen and oxygen atoms in total. The zero-order chi connectivity index (χ0) is 19.4. The van der Waals surface area contributed by atoms with Gasteiger partial charge in [0.15, 0.2) is 11.5 Å². The van der Waals surface area contributed by atoms with Crippen LogP contribution >= 0.6 is 0 Å². The van der Waals surface area contributed by atoms with Crippen LogP contribution in [0.25, 0.3) is 0 Å². The number of nitrogens with zero attached hydrogens (tertiary/aromatic N) is 1. The van der Waals surface area contributed by atoms with E-state index in [4.69, 9.17) is 4.74 Å². The highest BCUT2D eigenvalue weighted by Crippen LogP contribution is 2.45. The molecule has 2 aliphatic rings. The summed E-state index contributed by atoms with van der Waals surface area (Å²) in [6.07, 6.45) is 4.31. The summed E-state index contributed by atoms with van der Waals surface area (Å²) in [7, 11) is 1.81. The first-order chi connectivity index (χ1) is 13.0. The number of hydrogen-bond donors (Lipinski definition) is 1. The average molecular weight is 382 g/mol. The number of ether oxygens (including phenoxy) is 2. The van der Waals surface area contributed by atoms with Gasteiger partial charge in [0, 0.05) is 20.1 Å². The number of hydrogen-bond acceptors (Lipinski definition) is 4. The van der Waals surface area contributed by atoms with Crippen LogP contribution in [0.3, 0.4) is 0 Å². The van der Waals surface area contributed by atoms with E-state index in [-0.39, 0.29) is 22.8 Å². The van der Waals surface area contributed by atoms with Gasteiger partial charge in [-0.2, -0.15) is 8.78 Å². The number of benzene rings is 1. The monoisotopic (exact) mass is 382 g/mol. The fourth-order valence-electron chi connectivity index (χ4n) is 4.51. The molecule has 2 atom stereocenters. The molecule has 0 bridgehead atoms. The number of halogens is 2. The van der Waals surface area contributed by atoms with Gasteiger partial charge in [-0.25, -0.2) is 0 Å². The zero-order valence-corrected chi connectivity index (χ0v) is 16.0. The lowest BCUT2D eigenvalue weighted by molar-refractivity contribution is -0.144. The fourth-order valence-corrected chi connectivity index (χ4v) is 4.51. The van der Waals surface area contributed by atoms with Crippen LogP contribution in [0.2, 0.25) is 0 Å². The van der Waals surface area contributed by atoms with E-state index >= 15 is 0 Å². The van der Waals surface area contributed by atoms with Gasteiger partial charge < -0.3 is 19.7 Å². The number of nitrogens with one attached hydrogen (secondary N) is 1. The van der Waals surface area contributed by atoms with E-state index in [1.807, 2.05) is 7.05 Å². The topological polar surface area (TPSA) is 50.8 Å². The molecule has 27 heavy (non-hydrogen) atoms. The minimum absolute atomic E-state index is 0.00973. The molecule has 1 aromatic rings. The second-order valence-electron chi connectivity index (χ2n) is 7.48. The van der Waals surface area contributed by atoms with Crippen LogP contribution in [0, 0.1) is 11.3 Å². The highest BCUT2D eigenvalue weighted by Gasteiger charge is 2.50. The van der Waals surface area contributed by atoms with Crippen molar-refractivity contribution in [1.82, 2.24) is 10.2 Å². The van der Waals surface area contributed by atoms with E-state index in [1.54, 1.807) is 24.0 Å². The van der Waals surface area contributed by atoms with Gasteiger partial charge in [-0.05, 0) is 49.9 Å². The SMILES string of the molecule is CCOc1cc(CN(C)C(=O)[C@@]23CCCC[C@H]2CNC3)ccc1OC(F)F. The van der Waals surface area contributed by atoms with Crippen LogP contribution in [-0.2, 0) is 11.3 Å². The standard InChI is InChI=1S/C20H28F2N2O3/c1-3-26-17-10-14(7-8-16(17)27-19(21)22)12-24(2)18(25)20-9-5-4-6-15(20)11-23-13-20/h7-8,10,15,19,23H,3-6,9,11-13H2,1-2H3/t15-,20+/m0/s1. The van der Waals surface area contributed by atoms with Crippen molar-refractivity contribution >= 4 is 5.91 Å². The van der Waals surface area contributed by atoms with Crippen molar-refractivity contribution in [3.05, 3.63) is 23.8 Å². The molecule has 7 heteroatoms. The molecule has 0 spiro atoms. The van der Waals surface area contributed by atoms with Gasteiger partial charge in [-0.1, -0.05) is 18.9 Å². The number of rotatable bonds is 7. The molecule has 1 heterocycles. The molecule has 1 saturated carbocycles. The van der Waals surface area contributed by atoms with Crippen LogP contribution in [0.15, 0.2) is 18.2 Å². The fraction of sp³-hybridized carbons (Fsp3) is 0.650. The summed E-state index contributed by atoms with van der Waals surface area (Å²) in [4.78, 5) is 15.0. The third-order valence-corrected chi connectivity index (χ3v) is 5.75. The molecule has 2 fully saturated rings. The number of fused-ring (bicyclic) bond motifs is 1. The maximum absolute atomic E-state index is 13.3. The number of alkyl halides is 2. The van der Waals surface area contributed by atoms with Crippen molar-refractivity contribution in [2.75, 3.05) is 26.7 Å². The molecular weight excluding hydrogens is 354 g/mol. The molecule has 1 saturated heterocycles. The second-order valence-corrected chi connectivity index (χ2v) is 7.48. The van der Waals surface area contributed by atoms with E-state index in [9.17, 15) is 13.6 Å². The van der Waals surface area contributed by atoms with E-state index in [1.165, 1.54) is 12.5 Å². The minimum Gasteiger partial charge on any atom is -0.490 e. The van der Waals surface area contributed by atoms with Gasteiger partial charge in [0.2, 0.25) is 5.91 Å². The molecule has 1 aliphatic carbocycles. The van der Waals surface area contributed by atoms with Crippen LogP contribution in [0.4, 0.5) is 8.78 Å². The van der Waals surface area contributed by atoms with Crippen molar-refractivity contribution in [1.29, 1.82) is 0 Å². The van der Waals surface area contributed by atoms with Gasteiger partial charge in [-0.15, -0.1) is 0 Å². The van der Waals surface area contributed by atoms with Gasteiger partial charge >= 0.3 is 6.61 Å². The molecule has 0 radical (unpaired) electrons. The lowest BCUT2D eigenvalue weighted by Crippen LogP contribution is -2.48. The van der Waals surface area contributed by atoms with Gasteiger partial charge in [0.25, 0.3) is 0 Å². The van der Waals surface area contributed by atoms with Crippen molar-refractivity contribution < 1.29 is 23.0 Å². The Hall–Kier alpha value is -1.89. The lowest BCUT2D eigenvalue weighted by Gasteiger charge is -2.39. The Bertz CT molecular complexity index is 671. The molecule has 1 aromatic carbocycles. The molecule has 150 valence electrons. The summed E-state index contributed by atoms with van der Waals surface area (Å²) >= 11 is 0. The zero-order valence-electron chi connectivity index (χ0n) is 16.0. The van der Waals surface area contributed by atoms with E-state index in [2.05, 4.69) is 10.1 Å². The van der Waals surface area contributed by atoms with Crippen molar-refractivity contribution in [3.8, 4) is 11.5 Å². The Morgan fingerprint density at radius 2 is 2.19 bits per heavy atom. The Balaban J connectivity index is 1.74. The highest BCUT2D eigenvalue weighted by atomic mass is 19.3. The Morgan fingerprint density at radius 1 is 1.37 bits per heavy atom. The lowest BCUT2D eigenvalue weighted by atomic mass is 9.67. The smallest absolute Gasteiger partial charge is 0.387 e. The van der Waals surface area contributed by atoms with Crippen molar-refractivity contribution in [2.24, 2.45) is 11.3 Å². The molecule has 0 unspecified atom stereocenters. The number of amides is 1. The number of carbonyl (C=O) groups excluding carboxylic acids is 1. The quantitative estimate of drug-likeness (QED) is 0.785. The highest BCUT2D eigenvalue weighted by molar-refractivity contribution is 5.83. The van der Waals surface area contributed by atoms with E-state index in [0.717, 1.165) is 37.9 Å². The minimum atomic E-state index is -2.91. The predicted molar refractivity (Wildman–Crippen MR) is 98.0 cm³/mol. The third kappa shape index (κ3) is 4.18. The van der Waals surface area contributed by atoms with Gasteiger partial charge in [0.05, 0.1) is 12.0 Å². The summed E-state index contributed by atoms with van der Waals surface area (Å²) < 4.78 is 35.0. The average Bonchev–Trinajstić information content (AvgIpc) is 3.08. The summed E-state index contributed by atoms with van der Waals surface area (Å²) in [6.45, 7) is 1.28. The van der Waals surface area contributed by atoms with E-state index < -0.39 is 6.61 Å². The molecule has 3 rings (SSSR count). The molecule has 1 aliphatic heterocycles. The molecular formula is C20H28F2N2O3. The Labute approximate surface area is 159 Å². The summed E-state index contributed by atoms with van der Waals surface area (Å²) in [6, 6.07) is 4.85. The van der Waals surface area contributed by atoms with E-state index in [0.29, 0.717) is 19.1 Å². The Kier molecular flexibility index (Phi) is 6.19. The maximum Gasteiger partial charge on any atom is 0.387 e. The normalized spacial score (nSPS) is 24.6. The first kappa shape index (κ1) is 19.9. The van der Waals surface area contributed by atoms with Crippen molar-refractivity contribution in [3.63, 3.8) is 0 Å². The molecule has 1 amide bonds. The Morgan fingerprint density at radius 3 is 2.93 bits per heavy atom. The largest absolute Gasteiger partial charge is 0.490 e. The molecule has 1 N–H and O–H groups in total. The predicted octanol–water partition coefficient (Wildman–Crippen LogP) is 3.42. The third-order valence-electron chi connectivity index (χ3n) is 5.75. The van der Waals surface area contributed by atoms with Gasteiger partial charge in [-0.3, -0.25) is 4.79 Å².